The number of aliphatic carboxylic acids is 1. The van der Waals surface area contributed by atoms with E-state index < -0.39 is 54.3 Å². The first kappa shape index (κ1) is 22.1. The number of benzene rings is 1. The highest BCUT2D eigenvalue weighted by molar-refractivity contribution is 5.94. The van der Waals surface area contributed by atoms with Crippen LogP contribution < -0.4 is 22.1 Å². The van der Waals surface area contributed by atoms with Gasteiger partial charge in [0.15, 0.2) is 6.04 Å². The molecule has 0 aromatic heterocycles. The van der Waals surface area contributed by atoms with Crippen molar-refractivity contribution >= 4 is 23.7 Å². The molecule has 0 radical (unpaired) electrons. The van der Waals surface area contributed by atoms with Crippen molar-refractivity contribution in [3.63, 3.8) is 0 Å². The maximum atomic E-state index is 12.3. The number of nitrogens with one attached hydrogen (secondary N) is 2. The van der Waals surface area contributed by atoms with E-state index in [0.29, 0.717) is 0 Å². The van der Waals surface area contributed by atoms with Crippen LogP contribution in [-0.2, 0) is 25.6 Å². The number of hydrogen-bond acceptors (Lipinski definition) is 6. The highest BCUT2D eigenvalue weighted by Crippen LogP contribution is 2.03. The lowest BCUT2D eigenvalue weighted by Crippen LogP contribution is -2.57. The van der Waals surface area contributed by atoms with E-state index in [2.05, 4.69) is 10.6 Å². The van der Waals surface area contributed by atoms with Crippen LogP contribution in [0, 0.1) is 0 Å². The Bertz CT molecular complexity index is 679. The van der Waals surface area contributed by atoms with E-state index in [1.54, 1.807) is 24.3 Å². The van der Waals surface area contributed by atoms with Gasteiger partial charge in [-0.2, -0.15) is 0 Å². The first-order chi connectivity index (χ1) is 12.6. The van der Waals surface area contributed by atoms with Crippen LogP contribution in [0.1, 0.15) is 18.9 Å². The summed E-state index contributed by atoms with van der Waals surface area (Å²) in [5, 5.41) is 22.8. The summed E-state index contributed by atoms with van der Waals surface area (Å²) in [6.07, 6.45) is -1.75. The minimum Gasteiger partial charge on any atom is -0.480 e. The number of amides is 3. The van der Waals surface area contributed by atoms with Gasteiger partial charge >= 0.3 is 5.97 Å². The predicted molar refractivity (Wildman–Crippen MR) is 95.1 cm³/mol. The average molecular weight is 380 g/mol. The smallest absolute Gasteiger partial charge is 0.328 e. The van der Waals surface area contributed by atoms with Gasteiger partial charge in [0.25, 0.3) is 0 Å². The maximum absolute atomic E-state index is 12.3. The van der Waals surface area contributed by atoms with E-state index in [-0.39, 0.29) is 6.42 Å². The second-order valence-corrected chi connectivity index (χ2v) is 6.09. The normalized spacial score (nSPS) is 15.1. The zero-order valence-corrected chi connectivity index (χ0v) is 14.8. The van der Waals surface area contributed by atoms with E-state index in [9.17, 15) is 24.3 Å². The summed E-state index contributed by atoms with van der Waals surface area (Å²) in [6.45, 7) is 1.18. The molecule has 0 saturated carbocycles. The zero-order chi connectivity index (χ0) is 20.6. The number of primary amides is 1. The third-order valence-corrected chi connectivity index (χ3v) is 3.72. The van der Waals surface area contributed by atoms with Crippen molar-refractivity contribution in [3.8, 4) is 0 Å². The molecule has 0 heterocycles. The number of carbonyl (C=O) groups excluding carboxylic acids is 3. The summed E-state index contributed by atoms with van der Waals surface area (Å²) in [6, 6.07) is 4.91. The minimum absolute atomic E-state index is 0.197. The van der Waals surface area contributed by atoms with Gasteiger partial charge in [0.05, 0.1) is 18.6 Å². The molecule has 0 bridgehead atoms. The van der Waals surface area contributed by atoms with Crippen LogP contribution in [0.2, 0.25) is 0 Å². The van der Waals surface area contributed by atoms with Crippen LogP contribution in [-0.4, -0.2) is 58.1 Å². The van der Waals surface area contributed by atoms with Gasteiger partial charge in [-0.3, -0.25) is 14.4 Å². The SMILES string of the molecule is CC(O)C(NC(=O)C(CC(N)=O)NC(=O)C(N)Cc1ccccc1)C(=O)O. The molecule has 1 rings (SSSR count). The van der Waals surface area contributed by atoms with E-state index in [4.69, 9.17) is 16.6 Å². The Kier molecular flexibility index (Phi) is 8.36. The Morgan fingerprint density at radius 1 is 1.07 bits per heavy atom. The van der Waals surface area contributed by atoms with Crippen molar-refractivity contribution in [2.45, 2.75) is 44.0 Å². The molecule has 10 nitrogen and oxygen atoms in total. The first-order valence-electron chi connectivity index (χ1n) is 8.21. The molecule has 4 unspecified atom stereocenters. The van der Waals surface area contributed by atoms with Crippen molar-refractivity contribution in [3.05, 3.63) is 35.9 Å². The van der Waals surface area contributed by atoms with E-state index in [1.165, 1.54) is 6.92 Å². The first-order valence-corrected chi connectivity index (χ1v) is 8.21. The van der Waals surface area contributed by atoms with Gasteiger partial charge in [-0.15, -0.1) is 0 Å². The topological polar surface area (TPSA) is 185 Å². The second-order valence-electron chi connectivity index (χ2n) is 6.09. The molecule has 27 heavy (non-hydrogen) atoms. The Balaban J connectivity index is 2.80. The molecule has 1 aromatic carbocycles. The van der Waals surface area contributed by atoms with Crippen LogP contribution in [0.4, 0.5) is 0 Å². The van der Waals surface area contributed by atoms with Gasteiger partial charge in [0.1, 0.15) is 6.04 Å². The molecule has 0 saturated heterocycles. The van der Waals surface area contributed by atoms with Crippen LogP contribution in [0.3, 0.4) is 0 Å². The van der Waals surface area contributed by atoms with Gasteiger partial charge in [-0.25, -0.2) is 4.79 Å². The van der Waals surface area contributed by atoms with E-state index in [1.807, 2.05) is 6.07 Å². The highest BCUT2D eigenvalue weighted by atomic mass is 16.4. The van der Waals surface area contributed by atoms with Gasteiger partial charge in [0.2, 0.25) is 17.7 Å². The van der Waals surface area contributed by atoms with Crippen molar-refractivity contribution in [2.75, 3.05) is 0 Å². The van der Waals surface area contributed by atoms with E-state index in [0.717, 1.165) is 5.56 Å². The van der Waals surface area contributed by atoms with Crippen LogP contribution in [0.25, 0.3) is 0 Å². The van der Waals surface area contributed by atoms with Crippen LogP contribution >= 0.6 is 0 Å². The standard InChI is InChI=1S/C17H24N4O6/c1-9(22)14(17(26)27)21-16(25)12(8-13(19)23)20-15(24)11(18)7-10-5-3-2-4-6-10/h2-6,9,11-12,14,22H,7-8,18H2,1H3,(H2,19,23)(H,20,24)(H,21,25)(H,26,27). The number of aliphatic hydroxyl groups excluding tert-OH is 1. The lowest BCUT2D eigenvalue weighted by Gasteiger charge is -2.23. The summed E-state index contributed by atoms with van der Waals surface area (Å²) in [5.74, 6) is -4.02. The molecular formula is C17H24N4O6. The Morgan fingerprint density at radius 2 is 1.67 bits per heavy atom. The number of aliphatic hydroxyl groups is 1. The zero-order valence-electron chi connectivity index (χ0n) is 14.8. The molecule has 0 spiro atoms. The third-order valence-electron chi connectivity index (χ3n) is 3.72. The lowest BCUT2D eigenvalue weighted by molar-refractivity contribution is -0.145. The summed E-state index contributed by atoms with van der Waals surface area (Å²) >= 11 is 0. The number of rotatable bonds is 10. The molecule has 4 atom stereocenters. The number of carbonyl (C=O) groups is 4. The Hall–Kier alpha value is -2.98. The molecule has 0 aliphatic carbocycles. The fourth-order valence-corrected chi connectivity index (χ4v) is 2.29. The molecule has 0 fully saturated rings. The third kappa shape index (κ3) is 7.42. The minimum atomic E-state index is -1.61. The van der Waals surface area contributed by atoms with Gasteiger partial charge in [-0.1, -0.05) is 30.3 Å². The summed E-state index contributed by atoms with van der Waals surface area (Å²) in [4.78, 5) is 46.8. The molecule has 8 N–H and O–H groups in total. The largest absolute Gasteiger partial charge is 0.480 e. The predicted octanol–water partition coefficient (Wildman–Crippen LogP) is -2.13. The molecule has 0 aliphatic heterocycles. The van der Waals surface area contributed by atoms with Crippen LogP contribution in [0.15, 0.2) is 30.3 Å². The number of hydrogen-bond donors (Lipinski definition) is 6. The van der Waals surface area contributed by atoms with Gasteiger partial charge < -0.3 is 32.3 Å². The van der Waals surface area contributed by atoms with Crippen LogP contribution in [0.5, 0.6) is 0 Å². The van der Waals surface area contributed by atoms with Gasteiger partial charge in [0, 0.05) is 0 Å². The molecule has 10 heteroatoms. The monoisotopic (exact) mass is 380 g/mol. The quantitative estimate of drug-likeness (QED) is 0.267. The average Bonchev–Trinajstić information content (AvgIpc) is 2.58. The Morgan fingerprint density at radius 3 is 2.15 bits per heavy atom. The molecule has 1 aromatic rings. The number of carboxylic acid groups (broad SMARTS) is 1. The van der Waals surface area contributed by atoms with Crippen molar-refractivity contribution in [1.29, 1.82) is 0 Å². The molecule has 3 amide bonds. The molecule has 148 valence electrons. The maximum Gasteiger partial charge on any atom is 0.328 e. The molecule has 0 aliphatic rings. The summed E-state index contributed by atoms with van der Waals surface area (Å²) in [5.41, 5.74) is 11.7. The summed E-state index contributed by atoms with van der Waals surface area (Å²) in [7, 11) is 0. The fourth-order valence-electron chi connectivity index (χ4n) is 2.29. The molecular weight excluding hydrogens is 356 g/mol. The van der Waals surface area contributed by atoms with E-state index >= 15 is 0 Å². The number of carboxylic acids is 1. The van der Waals surface area contributed by atoms with Crippen molar-refractivity contribution in [2.24, 2.45) is 11.5 Å². The lowest BCUT2D eigenvalue weighted by atomic mass is 10.0. The number of nitrogens with two attached hydrogens (primary N) is 2. The highest BCUT2D eigenvalue weighted by Gasteiger charge is 2.31. The van der Waals surface area contributed by atoms with Crippen molar-refractivity contribution in [1.82, 2.24) is 10.6 Å². The van der Waals surface area contributed by atoms with Crippen molar-refractivity contribution < 1.29 is 29.4 Å². The van der Waals surface area contributed by atoms with Gasteiger partial charge in [-0.05, 0) is 18.9 Å². The second kappa shape index (κ2) is 10.2. The fraction of sp³-hybridized carbons (Fsp3) is 0.412. The summed E-state index contributed by atoms with van der Waals surface area (Å²) < 4.78 is 0. The Labute approximate surface area is 155 Å².